The van der Waals surface area contributed by atoms with Gasteiger partial charge in [-0.1, -0.05) is 30.3 Å². The molecule has 1 saturated heterocycles. The Kier molecular flexibility index (Phi) is 4.59. The van der Waals surface area contributed by atoms with Gasteiger partial charge in [-0.25, -0.2) is 4.98 Å². The zero-order valence-corrected chi connectivity index (χ0v) is 12.9. The first kappa shape index (κ1) is 14.9. The van der Waals surface area contributed by atoms with Gasteiger partial charge >= 0.3 is 0 Å². The first-order chi connectivity index (χ1) is 10.8. The van der Waals surface area contributed by atoms with E-state index >= 15 is 0 Å². The first-order valence-electron chi connectivity index (χ1n) is 7.26. The summed E-state index contributed by atoms with van der Waals surface area (Å²) >= 11 is 5.88. The maximum Gasteiger partial charge on any atom is 0.228 e. The van der Waals surface area contributed by atoms with Crippen LogP contribution in [-0.4, -0.2) is 23.3 Å². The van der Waals surface area contributed by atoms with Crippen molar-refractivity contribution in [3.63, 3.8) is 0 Å². The van der Waals surface area contributed by atoms with Gasteiger partial charge < -0.3 is 4.74 Å². The van der Waals surface area contributed by atoms with E-state index < -0.39 is 0 Å². The number of anilines is 1. The number of aromatic nitrogens is 1. The number of hydrogen-bond donors (Lipinski definition) is 0. The topological polar surface area (TPSA) is 42.4 Å². The Morgan fingerprint density at radius 1 is 1.23 bits per heavy atom. The lowest BCUT2D eigenvalue weighted by Crippen LogP contribution is -2.26. The van der Waals surface area contributed by atoms with Crippen molar-refractivity contribution in [2.75, 3.05) is 17.3 Å². The Morgan fingerprint density at radius 2 is 2.05 bits per heavy atom. The van der Waals surface area contributed by atoms with Crippen LogP contribution in [0.3, 0.4) is 0 Å². The lowest BCUT2D eigenvalue weighted by atomic mass is 10.1. The van der Waals surface area contributed by atoms with Crippen LogP contribution in [-0.2, 0) is 11.4 Å². The predicted molar refractivity (Wildman–Crippen MR) is 86.2 cm³/mol. The fourth-order valence-corrected chi connectivity index (χ4v) is 2.73. The Labute approximate surface area is 134 Å². The molecule has 5 heteroatoms. The van der Waals surface area contributed by atoms with Gasteiger partial charge in [-0.2, -0.15) is 0 Å². The van der Waals surface area contributed by atoms with E-state index in [0.29, 0.717) is 37.0 Å². The fourth-order valence-electron chi connectivity index (χ4n) is 2.52. The van der Waals surface area contributed by atoms with Crippen molar-refractivity contribution >= 4 is 23.3 Å². The third kappa shape index (κ3) is 3.22. The minimum absolute atomic E-state index is 0.0499. The molecule has 1 aliphatic heterocycles. The lowest BCUT2D eigenvalue weighted by molar-refractivity contribution is -0.117. The zero-order chi connectivity index (χ0) is 15.4. The average molecular weight is 317 g/mol. The number of benzene rings is 1. The molecule has 114 valence electrons. The second-order valence-electron chi connectivity index (χ2n) is 5.33. The SMILES string of the molecule is O=C1CC(CCl)CN1c1ncccc1OCc1ccccc1. The molecule has 0 aliphatic carbocycles. The highest BCUT2D eigenvalue weighted by molar-refractivity contribution is 6.18. The summed E-state index contributed by atoms with van der Waals surface area (Å²) in [6.45, 7) is 1.04. The third-order valence-electron chi connectivity index (χ3n) is 3.67. The maximum absolute atomic E-state index is 12.1. The molecule has 4 nitrogen and oxygen atoms in total. The van der Waals surface area contributed by atoms with Gasteiger partial charge in [0.25, 0.3) is 0 Å². The first-order valence-corrected chi connectivity index (χ1v) is 7.79. The molecule has 1 atom stereocenters. The predicted octanol–water partition coefficient (Wildman–Crippen LogP) is 3.25. The number of alkyl halides is 1. The van der Waals surface area contributed by atoms with E-state index in [9.17, 15) is 4.79 Å². The molecule has 0 spiro atoms. The van der Waals surface area contributed by atoms with Crippen LogP contribution in [0.4, 0.5) is 5.82 Å². The standard InChI is InChI=1S/C17H17ClN2O2/c18-10-14-9-16(21)20(11-14)17-15(7-4-8-19-17)22-12-13-5-2-1-3-6-13/h1-8,14H,9-12H2. The molecular weight excluding hydrogens is 300 g/mol. The molecule has 1 unspecified atom stereocenters. The number of carbonyl (C=O) groups is 1. The molecule has 1 fully saturated rings. The molecule has 1 aliphatic rings. The summed E-state index contributed by atoms with van der Waals surface area (Å²) in [5.74, 6) is 1.91. The number of rotatable bonds is 5. The number of hydrogen-bond acceptors (Lipinski definition) is 3. The van der Waals surface area contributed by atoms with Crippen LogP contribution in [0.2, 0.25) is 0 Å². The van der Waals surface area contributed by atoms with E-state index in [1.807, 2.05) is 42.5 Å². The van der Waals surface area contributed by atoms with Gasteiger partial charge in [0.1, 0.15) is 6.61 Å². The molecule has 1 amide bonds. The second-order valence-corrected chi connectivity index (χ2v) is 5.64. The van der Waals surface area contributed by atoms with E-state index in [0.717, 1.165) is 5.56 Å². The van der Waals surface area contributed by atoms with Gasteiger partial charge in [-0.05, 0) is 23.6 Å². The quantitative estimate of drug-likeness (QED) is 0.795. The number of amides is 1. The van der Waals surface area contributed by atoms with E-state index in [-0.39, 0.29) is 11.8 Å². The minimum Gasteiger partial charge on any atom is -0.485 e. The molecule has 22 heavy (non-hydrogen) atoms. The van der Waals surface area contributed by atoms with Gasteiger partial charge in [0.15, 0.2) is 11.6 Å². The summed E-state index contributed by atoms with van der Waals surface area (Å²) in [4.78, 5) is 18.1. The summed E-state index contributed by atoms with van der Waals surface area (Å²) in [7, 11) is 0. The molecule has 0 radical (unpaired) electrons. The molecule has 0 bridgehead atoms. The monoisotopic (exact) mass is 316 g/mol. The van der Waals surface area contributed by atoms with Crippen molar-refractivity contribution in [3.8, 4) is 5.75 Å². The largest absolute Gasteiger partial charge is 0.485 e. The van der Waals surface area contributed by atoms with E-state index in [4.69, 9.17) is 16.3 Å². The van der Waals surface area contributed by atoms with Gasteiger partial charge in [0.2, 0.25) is 5.91 Å². The molecule has 1 aromatic heterocycles. The van der Waals surface area contributed by atoms with Crippen molar-refractivity contribution in [1.29, 1.82) is 0 Å². The molecule has 0 N–H and O–H groups in total. The lowest BCUT2D eigenvalue weighted by Gasteiger charge is -2.19. The normalized spacial score (nSPS) is 17.8. The Hall–Kier alpha value is -2.07. The average Bonchev–Trinajstić information content (AvgIpc) is 2.95. The number of carbonyl (C=O) groups excluding carboxylic acids is 1. The Morgan fingerprint density at radius 3 is 2.77 bits per heavy atom. The van der Waals surface area contributed by atoms with Crippen LogP contribution in [0.15, 0.2) is 48.7 Å². The highest BCUT2D eigenvalue weighted by atomic mass is 35.5. The number of halogens is 1. The smallest absolute Gasteiger partial charge is 0.228 e. The van der Waals surface area contributed by atoms with E-state index in [1.165, 1.54) is 0 Å². The highest BCUT2D eigenvalue weighted by Gasteiger charge is 2.32. The summed E-state index contributed by atoms with van der Waals surface area (Å²) in [5, 5.41) is 0. The summed E-state index contributed by atoms with van der Waals surface area (Å²) in [6, 6.07) is 13.6. The highest BCUT2D eigenvalue weighted by Crippen LogP contribution is 2.31. The number of nitrogens with zero attached hydrogens (tertiary/aromatic N) is 2. The van der Waals surface area contributed by atoms with Crippen LogP contribution in [0.5, 0.6) is 5.75 Å². The van der Waals surface area contributed by atoms with E-state index in [1.54, 1.807) is 11.1 Å². The van der Waals surface area contributed by atoms with Crippen LogP contribution in [0.1, 0.15) is 12.0 Å². The van der Waals surface area contributed by atoms with Crippen molar-refractivity contribution in [3.05, 3.63) is 54.2 Å². The molecule has 3 rings (SSSR count). The van der Waals surface area contributed by atoms with Gasteiger partial charge in [0, 0.05) is 25.0 Å². The molecule has 2 aromatic rings. The number of ether oxygens (including phenoxy) is 1. The van der Waals surface area contributed by atoms with Gasteiger partial charge in [-0.3, -0.25) is 9.69 Å². The van der Waals surface area contributed by atoms with Crippen LogP contribution in [0, 0.1) is 5.92 Å². The summed E-state index contributed by atoms with van der Waals surface area (Å²) in [6.07, 6.45) is 2.14. The summed E-state index contributed by atoms with van der Waals surface area (Å²) < 4.78 is 5.86. The van der Waals surface area contributed by atoms with Crippen LogP contribution in [0.25, 0.3) is 0 Å². The van der Waals surface area contributed by atoms with Crippen LogP contribution >= 0.6 is 11.6 Å². The van der Waals surface area contributed by atoms with Crippen molar-refractivity contribution in [1.82, 2.24) is 4.98 Å². The van der Waals surface area contributed by atoms with Crippen molar-refractivity contribution in [2.24, 2.45) is 5.92 Å². The molecule has 0 saturated carbocycles. The summed E-state index contributed by atoms with van der Waals surface area (Å²) in [5.41, 5.74) is 1.07. The molecular formula is C17H17ClN2O2. The number of pyridine rings is 1. The fraction of sp³-hybridized carbons (Fsp3) is 0.294. The van der Waals surface area contributed by atoms with Crippen LogP contribution < -0.4 is 9.64 Å². The molecule has 1 aromatic carbocycles. The van der Waals surface area contributed by atoms with Crippen molar-refractivity contribution in [2.45, 2.75) is 13.0 Å². The Balaban J connectivity index is 1.77. The van der Waals surface area contributed by atoms with Gasteiger partial charge in [0.05, 0.1) is 0 Å². The zero-order valence-electron chi connectivity index (χ0n) is 12.1. The maximum atomic E-state index is 12.1. The molecule has 2 heterocycles. The Bertz CT molecular complexity index is 648. The second kappa shape index (κ2) is 6.79. The van der Waals surface area contributed by atoms with Crippen molar-refractivity contribution < 1.29 is 9.53 Å². The van der Waals surface area contributed by atoms with Gasteiger partial charge in [-0.15, -0.1) is 11.6 Å². The van der Waals surface area contributed by atoms with E-state index in [2.05, 4.69) is 4.98 Å². The minimum atomic E-state index is 0.0499. The third-order valence-corrected chi connectivity index (χ3v) is 4.10.